The van der Waals surface area contributed by atoms with E-state index in [4.69, 9.17) is 0 Å². The van der Waals surface area contributed by atoms with Crippen molar-refractivity contribution in [1.29, 1.82) is 0 Å². The molecule has 0 saturated carbocycles. The molecule has 0 bridgehead atoms. The van der Waals surface area contributed by atoms with Crippen LogP contribution in [0.15, 0.2) is 41.4 Å². The maximum Gasteiger partial charge on any atom is 0.204 e. The lowest BCUT2D eigenvalue weighted by atomic mass is 9.87. The van der Waals surface area contributed by atoms with Crippen LogP contribution in [0.2, 0.25) is 0 Å². The van der Waals surface area contributed by atoms with Crippen LogP contribution in [0.3, 0.4) is 0 Å². The lowest BCUT2D eigenvalue weighted by Crippen LogP contribution is -2.48. The third-order valence-corrected chi connectivity index (χ3v) is 4.76. The van der Waals surface area contributed by atoms with E-state index < -0.39 is 17.2 Å². The molecule has 1 saturated heterocycles. The number of aliphatic imine (C=N–C) groups is 1. The molecule has 2 aromatic carbocycles. The molecule has 24 heavy (non-hydrogen) atoms. The molecule has 2 aliphatic rings. The van der Waals surface area contributed by atoms with E-state index in [0.29, 0.717) is 23.6 Å². The Morgan fingerprint density at radius 2 is 2.04 bits per heavy atom. The number of Topliss-reactive ketones (excluding diaryl/α,β-unsaturated/α-hetero) is 1. The Hall–Kier alpha value is -2.53. The van der Waals surface area contributed by atoms with E-state index >= 15 is 0 Å². The van der Waals surface area contributed by atoms with Crippen molar-refractivity contribution in [2.45, 2.75) is 25.9 Å². The fraction of sp³-hybridized carbons (Fsp3) is 0.263. The predicted octanol–water partition coefficient (Wildman–Crippen LogP) is 3.31. The molecule has 1 fully saturated rings. The number of rotatable bonds is 1. The fourth-order valence-electron chi connectivity index (χ4n) is 3.41. The van der Waals surface area contributed by atoms with Crippen molar-refractivity contribution in [3.63, 3.8) is 0 Å². The number of nitrogens with zero attached hydrogens (tertiary/aromatic N) is 2. The lowest BCUT2D eigenvalue weighted by molar-refractivity contribution is 0.0601. The van der Waals surface area contributed by atoms with E-state index in [2.05, 4.69) is 4.99 Å². The van der Waals surface area contributed by atoms with Gasteiger partial charge >= 0.3 is 0 Å². The van der Waals surface area contributed by atoms with Gasteiger partial charge in [-0.25, -0.2) is 9.38 Å². The number of ketones is 1. The number of carbonyl (C=O) groups excluding carboxylic acids is 1. The average Bonchev–Trinajstić information content (AvgIpc) is 2.88. The first-order chi connectivity index (χ1) is 11.4. The van der Waals surface area contributed by atoms with Gasteiger partial charge in [0.25, 0.3) is 0 Å². The molecule has 1 atom stereocenters. The normalized spacial score (nSPS) is 22.2. The highest BCUT2D eigenvalue weighted by molar-refractivity contribution is 6.28. The topological polar surface area (TPSA) is 52.9 Å². The third-order valence-electron chi connectivity index (χ3n) is 4.76. The molecule has 2 aromatic rings. The number of halogens is 1. The van der Waals surface area contributed by atoms with Gasteiger partial charge in [0, 0.05) is 24.2 Å². The summed E-state index contributed by atoms with van der Waals surface area (Å²) < 4.78 is 13.8. The molecular weight excluding hydrogens is 307 g/mol. The minimum absolute atomic E-state index is 0.149. The molecule has 122 valence electrons. The van der Waals surface area contributed by atoms with E-state index in [9.17, 15) is 14.3 Å². The van der Waals surface area contributed by atoms with Crippen LogP contribution in [0.4, 0.5) is 15.8 Å². The molecule has 0 spiro atoms. The number of amidine groups is 1. The summed E-state index contributed by atoms with van der Waals surface area (Å²) in [4.78, 5) is 19.2. The molecule has 1 N–H and O–H groups in total. The Morgan fingerprint density at radius 1 is 1.25 bits per heavy atom. The van der Waals surface area contributed by atoms with Crippen molar-refractivity contribution in [3.8, 4) is 0 Å². The van der Waals surface area contributed by atoms with Crippen molar-refractivity contribution in [1.82, 2.24) is 0 Å². The van der Waals surface area contributed by atoms with E-state index in [-0.39, 0.29) is 12.0 Å². The average molecular weight is 324 g/mol. The monoisotopic (exact) mass is 324 g/mol. The van der Waals surface area contributed by atoms with Gasteiger partial charge in [-0.15, -0.1) is 0 Å². The first kappa shape index (κ1) is 15.0. The predicted molar refractivity (Wildman–Crippen MR) is 90.7 cm³/mol. The van der Waals surface area contributed by atoms with Gasteiger partial charge in [0.05, 0.1) is 5.69 Å². The third kappa shape index (κ3) is 2.01. The fourth-order valence-corrected chi connectivity index (χ4v) is 3.41. The second kappa shape index (κ2) is 4.98. The van der Waals surface area contributed by atoms with E-state index in [1.165, 1.54) is 6.07 Å². The molecular formula is C19H17FN2O2. The van der Waals surface area contributed by atoms with Crippen molar-refractivity contribution < 1.29 is 14.3 Å². The summed E-state index contributed by atoms with van der Waals surface area (Å²) in [6, 6.07) is 10.6. The maximum atomic E-state index is 13.8. The second-order valence-electron chi connectivity index (χ2n) is 6.48. The van der Waals surface area contributed by atoms with Crippen LogP contribution in [0.25, 0.3) is 0 Å². The van der Waals surface area contributed by atoms with Gasteiger partial charge in [0.15, 0.2) is 5.60 Å². The van der Waals surface area contributed by atoms with Gasteiger partial charge in [-0.2, -0.15) is 0 Å². The second-order valence-corrected chi connectivity index (χ2v) is 6.48. The van der Waals surface area contributed by atoms with E-state index in [1.807, 2.05) is 36.1 Å². The number of benzene rings is 2. The Balaban J connectivity index is 1.89. The summed E-state index contributed by atoms with van der Waals surface area (Å²) in [5.74, 6) is -0.606. The van der Waals surface area contributed by atoms with Gasteiger partial charge in [0.2, 0.25) is 5.78 Å². The standard InChI is InChI=1S/C19H17FN2O2/c1-11-4-3-5-13(8-11)22-7-6-19(24)17(23)14-10-15(20)12(2)9-16(14)21-18(19)22/h3-5,8-10,24H,6-7H2,1-2H3. The minimum Gasteiger partial charge on any atom is -0.374 e. The van der Waals surface area contributed by atoms with E-state index in [0.717, 1.165) is 11.3 Å². The van der Waals surface area contributed by atoms with Gasteiger partial charge in [-0.05, 0) is 49.2 Å². The van der Waals surface area contributed by atoms with Crippen molar-refractivity contribution in [3.05, 3.63) is 58.9 Å². The Kier molecular flexibility index (Phi) is 3.12. The lowest BCUT2D eigenvalue weighted by Gasteiger charge is -2.30. The zero-order valence-electron chi connectivity index (χ0n) is 13.5. The van der Waals surface area contributed by atoms with Crippen molar-refractivity contribution in [2.75, 3.05) is 11.4 Å². The van der Waals surface area contributed by atoms with E-state index in [1.54, 1.807) is 13.0 Å². The van der Waals surface area contributed by atoms with Crippen LogP contribution < -0.4 is 4.90 Å². The maximum absolute atomic E-state index is 13.8. The number of hydrogen-bond donors (Lipinski definition) is 1. The Labute approximate surface area is 139 Å². The quantitative estimate of drug-likeness (QED) is 0.875. The Bertz CT molecular complexity index is 906. The Morgan fingerprint density at radius 3 is 2.79 bits per heavy atom. The number of fused-ring (bicyclic) bond motifs is 2. The molecule has 1 unspecified atom stereocenters. The van der Waals surface area contributed by atoms with Crippen LogP contribution in [0.5, 0.6) is 0 Å². The SMILES string of the molecule is Cc1cccc(N2CCC3(O)C(=O)c4cc(F)c(C)cc4N=C23)c1. The van der Waals surface area contributed by atoms with Crippen LogP contribution in [0.1, 0.15) is 27.9 Å². The summed E-state index contributed by atoms with van der Waals surface area (Å²) in [5.41, 5.74) is 1.28. The molecule has 0 radical (unpaired) electrons. The zero-order valence-corrected chi connectivity index (χ0v) is 13.5. The van der Waals surface area contributed by atoms with Crippen molar-refractivity contribution in [2.24, 2.45) is 4.99 Å². The summed E-state index contributed by atoms with van der Waals surface area (Å²) in [5, 5.41) is 10.9. The van der Waals surface area contributed by atoms with Gasteiger partial charge < -0.3 is 10.0 Å². The molecule has 0 aromatic heterocycles. The number of aliphatic hydroxyl groups is 1. The number of aryl methyl sites for hydroxylation is 2. The summed E-state index contributed by atoms with van der Waals surface area (Å²) in [7, 11) is 0. The van der Waals surface area contributed by atoms with Crippen LogP contribution in [-0.4, -0.2) is 28.9 Å². The van der Waals surface area contributed by atoms with Gasteiger partial charge in [-0.1, -0.05) is 12.1 Å². The number of anilines is 1. The highest BCUT2D eigenvalue weighted by Crippen LogP contribution is 2.40. The first-order valence-electron chi connectivity index (χ1n) is 7.91. The molecule has 5 heteroatoms. The first-order valence-corrected chi connectivity index (χ1v) is 7.91. The van der Waals surface area contributed by atoms with Crippen molar-refractivity contribution >= 4 is 23.0 Å². The summed E-state index contributed by atoms with van der Waals surface area (Å²) in [6.45, 7) is 4.11. The zero-order chi connectivity index (χ0) is 17.1. The molecule has 0 aliphatic carbocycles. The summed E-state index contributed by atoms with van der Waals surface area (Å²) in [6.07, 6.45) is 0.244. The van der Waals surface area contributed by atoms with Gasteiger partial charge in [0.1, 0.15) is 11.7 Å². The number of hydrogen-bond acceptors (Lipinski definition) is 4. The highest BCUT2D eigenvalue weighted by Gasteiger charge is 2.52. The molecule has 2 heterocycles. The number of carbonyl (C=O) groups is 1. The molecule has 4 nitrogen and oxygen atoms in total. The van der Waals surface area contributed by atoms with Crippen LogP contribution >= 0.6 is 0 Å². The summed E-state index contributed by atoms with van der Waals surface area (Å²) >= 11 is 0. The largest absolute Gasteiger partial charge is 0.374 e. The van der Waals surface area contributed by atoms with Crippen LogP contribution in [0, 0.1) is 19.7 Å². The molecule has 4 rings (SSSR count). The highest BCUT2D eigenvalue weighted by atomic mass is 19.1. The smallest absolute Gasteiger partial charge is 0.204 e. The molecule has 0 amide bonds. The van der Waals surface area contributed by atoms with Gasteiger partial charge in [-0.3, -0.25) is 4.79 Å². The molecule has 2 aliphatic heterocycles. The minimum atomic E-state index is -1.68. The van der Waals surface area contributed by atoms with Crippen LogP contribution in [-0.2, 0) is 0 Å².